The average Bonchev–Trinajstić information content (AvgIpc) is 3.22. The van der Waals surface area contributed by atoms with Crippen LogP contribution in [0.25, 0.3) is 22.4 Å². The van der Waals surface area contributed by atoms with E-state index in [0.29, 0.717) is 28.1 Å². The van der Waals surface area contributed by atoms with Crippen LogP contribution >= 0.6 is 0 Å². The molecule has 4 aromatic rings. The van der Waals surface area contributed by atoms with Crippen molar-refractivity contribution in [2.24, 2.45) is 0 Å². The molecule has 34 heavy (non-hydrogen) atoms. The minimum absolute atomic E-state index is 0.0722. The van der Waals surface area contributed by atoms with Gasteiger partial charge in [0.2, 0.25) is 0 Å². The van der Waals surface area contributed by atoms with Gasteiger partial charge in [-0.05, 0) is 68.8 Å². The van der Waals surface area contributed by atoms with E-state index in [1.165, 1.54) is 36.4 Å². The Kier molecular flexibility index (Phi) is 6.41. The second-order valence-corrected chi connectivity index (χ2v) is 9.88. The fourth-order valence-electron chi connectivity index (χ4n) is 3.38. The average molecular weight is 480 g/mol. The molecule has 4 rings (SSSR count). The molecule has 176 valence electrons. The summed E-state index contributed by atoms with van der Waals surface area (Å²) in [6.45, 7) is 5.21. The highest BCUT2D eigenvalue weighted by atomic mass is 32.2. The third-order valence-corrected chi connectivity index (χ3v) is 6.52. The van der Waals surface area contributed by atoms with Crippen molar-refractivity contribution >= 4 is 32.7 Å². The van der Waals surface area contributed by atoms with E-state index in [2.05, 4.69) is 14.7 Å². The van der Waals surface area contributed by atoms with Gasteiger partial charge < -0.3 is 14.8 Å². The number of anilines is 1. The van der Waals surface area contributed by atoms with Gasteiger partial charge in [-0.1, -0.05) is 24.3 Å². The number of carbonyl (C=O) groups is 1. The Morgan fingerprint density at radius 1 is 1.00 bits per heavy atom. The van der Waals surface area contributed by atoms with Gasteiger partial charge >= 0.3 is 5.97 Å². The van der Waals surface area contributed by atoms with Crippen molar-refractivity contribution in [3.63, 3.8) is 0 Å². The maximum atomic E-state index is 12.9. The lowest BCUT2D eigenvalue weighted by Crippen LogP contribution is -2.14. The summed E-state index contributed by atoms with van der Waals surface area (Å²) in [7, 11) is -3.87. The number of benzene rings is 3. The molecule has 0 spiro atoms. The second-order valence-electron chi connectivity index (χ2n) is 8.20. The summed E-state index contributed by atoms with van der Waals surface area (Å²) in [5, 5.41) is 9.67. The molecule has 1 aromatic heterocycles. The van der Waals surface area contributed by atoms with Gasteiger partial charge in [-0.15, -0.1) is 0 Å². The van der Waals surface area contributed by atoms with E-state index in [1.807, 2.05) is 24.3 Å². The van der Waals surface area contributed by atoms with E-state index in [4.69, 9.17) is 4.74 Å². The van der Waals surface area contributed by atoms with Crippen LogP contribution in [0.2, 0.25) is 0 Å². The Morgan fingerprint density at radius 2 is 1.68 bits per heavy atom. The zero-order chi connectivity index (χ0) is 24.5. The molecule has 9 heteroatoms. The SMILES string of the molecule is CC(C)OC(=O)c1ccc(NS(=O)(=O)c2ccc3nc(-c4ccc(C(C)O)cc4)[nH]c3c2)cc1. The van der Waals surface area contributed by atoms with Crippen LogP contribution < -0.4 is 4.72 Å². The molecule has 8 nitrogen and oxygen atoms in total. The van der Waals surface area contributed by atoms with Crippen molar-refractivity contribution in [1.82, 2.24) is 9.97 Å². The highest BCUT2D eigenvalue weighted by Crippen LogP contribution is 2.25. The van der Waals surface area contributed by atoms with E-state index in [9.17, 15) is 18.3 Å². The van der Waals surface area contributed by atoms with E-state index < -0.39 is 22.1 Å². The number of hydrogen-bond donors (Lipinski definition) is 3. The second kappa shape index (κ2) is 9.28. The molecule has 0 bridgehead atoms. The topological polar surface area (TPSA) is 121 Å². The monoisotopic (exact) mass is 479 g/mol. The predicted octanol–water partition coefficient (Wildman–Crippen LogP) is 4.65. The minimum Gasteiger partial charge on any atom is -0.459 e. The third-order valence-electron chi connectivity index (χ3n) is 5.15. The zero-order valence-electron chi connectivity index (χ0n) is 18.9. The quantitative estimate of drug-likeness (QED) is 0.332. The number of rotatable bonds is 7. The lowest BCUT2D eigenvalue weighted by molar-refractivity contribution is 0.0378. The van der Waals surface area contributed by atoms with Crippen LogP contribution in [0.1, 0.15) is 42.8 Å². The van der Waals surface area contributed by atoms with Crippen LogP contribution in [0.15, 0.2) is 71.6 Å². The molecule has 0 amide bonds. The van der Waals surface area contributed by atoms with Gasteiger partial charge in [0.1, 0.15) is 5.82 Å². The summed E-state index contributed by atoms with van der Waals surface area (Å²) in [6.07, 6.45) is -0.803. The molecular weight excluding hydrogens is 454 g/mol. The first kappa shape index (κ1) is 23.5. The number of aliphatic hydroxyl groups excluding tert-OH is 1. The van der Waals surface area contributed by atoms with Gasteiger partial charge in [-0.2, -0.15) is 0 Å². The molecule has 0 aliphatic carbocycles. The number of aromatic amines is 1. The number of ether oxygens (including phenoxy) is 1. The van der Waals surface area contributed by atoms with Crippen molar-refractivity contribution in [3.05, 3.63) is 77.9 Å². The maximum absolute atomic E-state index is 12.9. The van der Waals surface area contributed by atoms with Crippen LogP contribution in [0.3, 0.4) is 0 Å². The highest BCUT2D eigenvalue weighted by molar-refractivity contribution is 7.92. The molecule has 3 N–H and O–H groups in total. The predicted molar refractivity (Wildman–Crippen MR) is 130 cm³/mol. The van der Waals surface area contributed by atoms with E-state index >= 15 is 0 Å². The van der Waals surface area contributed by atoms with Gasteiger partial charge in [0.15, 0.2) is 0 Å². The van der Waals surface area contributed by atoms with Crippen molar-refractivity contribution in [2.75, 3.05) is 4.72 Å². The van der Waals surface area contributed by atoms with E-state index in [1.54, 1.807) is 26.8 Å². The Labute approximate surface area is 197 Å². The molecular formula is C25H25N3O5S. The number of nitrogens with zero attached hydrogens (tertiary/aromatic N) is 1. The van der Waals surface area contributed by atoms with Gasteiger partial charge in [0.25, 0.3) is 10.0 Å². The number of aromatic nitrogens is 2. The van der Waals surface area contributed by atoms with Crippen LogP contribution in [0.5, 0.6) is 0 Å². The van der Waals surface area contributed by atoms with Crippen molar-refractivity contribution in [2.45, 2.75) is 37.9 Å². The van der Waals surface area contributed by atoms with Crippen LogP contribution in [-0.4, -0.2) is 35.6 Å². The number of imidazole rings is 1. The van der Waals surface area contributed by atoms with Gasteiger partial charge in [0.05, 0.1) is 33.7 Å². The van der Waals surface area contributed by atoms with Crippen LogP contribution in [-0.2, 0) is 14.8 Å². The first-order chi connectivity index (χ1) is 16.1. The summed E-state index contributed by atoms with van der Waals surface area (Å²) in [6, 6.07) is 18.0. The van der Waals surface area contributed by atoms with Gasteiger partial charge in [0, 0.05) is 11.3 Å². The summed E-state index contributed by atoms with van der Waals surface area (Å²) in [4.78, 5) is 19.7. The fraction of sp³-hybridized carbons (Fsp3) is 0.200. The van der Waals surface area contributed by atoms with Crippen molar-refractivity contribution in [1.29, 1.82) is 0 Å². The summed E-state index contributed by atoms with van der Waals surface area (Å²) in [5.74, 6) is 0.129. The molecule has 0 fully saturated rings. The molecule has 1 atom stereocenters. The number of hydrogen-bond acceptors (Lipinski definition) is 6. The molecule has 0 aliphatic heterocycles. The highest BCUT2D eigenvalue weighted by Gasteiger charge is 2.17. The van der Waals surface area contributed by atoms with E-state index in [-0.39, 0.29) is 11.0 Å². The standard InChI is InChI=1S/C25H25N3O5S/c1-15(2)33-25(30)19-8-10-20(11-9-19)28-34(31,32)21-12-13-22-23(14-21)27-24(26-22)18-6-4-17(5-7-18)16(3)29/h4-16,28-29H,1-3H3,(H,26,27). The Bertz CT molecular complexity index is 1420. The molecule has 0 saturated heterocycles. The fourth-order valence-corrected chi connectivity index (χ4v) is 4.47. The van der Waals surface area contributed by atoms with Gasteiger partial charge in [-0.3, -0.25) is 4.72 Å². The normalized spacial score (nSPS) is 12.6. The Balaban J connectivity index is 1.55. The molecule has 3 aromatic carbocycles. The summed E-state index contributed by atoms with van der Waals surface area (Å²) in [5.41, 5.74) is 3.48. The van der Waals surface area contributed by atoms with E-state index in [0.717, 1.165) is 11.1 Å². The number of carbonyl (C=O) groups excluding carboxylic acids is 1. The first-order valence-electron chi connectivity index (χ1n) is 10.7. The minimum atomic E-state index is -3.87. The number of aliphatic hydroxyl groups is 1. The lowest BCUT2D eigenvalue weighted by atomic mass is 10.1. The first-order valence-corrected chi connectivity index (χ1v) is 12.2. The Hall–Kier alpha value is -3.69. The smallest absolute Gasteiger partial charge is 0.338 e. The summed E-state index contributed by atoms with van der Waals surface area (Å²) >= 11 is 0. The largest absolute Gasteiger partial charge is 0.459 e. The number of fused-ring (bicyclic) bond motifs is 1. The molecule has 0 saturated carbocycles. The Morgan fingerprint density at radius 3 is 2.29 bits per heavy atom. The number of esters is 1. The van der Waals surface area contributed by atoms with Crippen molar-refractivity contribution in [3.8, 4) is 11.4 Å². The number of H-pyrrole nitrogens is 1. The lowest BCUT2D eigenvalue weighted by Gasteiger charge is -2.10. The summed E-state index contributed by atoms with van der Waals surface area (Å²) < 4.78 is 33.5. The molecule has 1 unspecified atom stereocenters. The van der Waals surface area contributed by atoms with Crippen molar-refractivity contribution < 1.29 is 23.1 Å². The van der Waals surface area contributed by atoms with Gasteiger partial charge in [-0.25, -0.2) is 18.2 Å². The molecule has 1 heterocycles. The van der Waals surface area contributed by atoms with Crippen LogP contribution in [0, 0.1) is 0 Å². The number of sulfonamides is 1. The maximum Gasteiger partial charge on any atom is 0.338 e. The van der Waals surface area contributed by atoms with Crippen LogP contribution in [0.4, 0.5) is 5.69 Å². The number of nitrogens with one attached hydrogen (secondary N) is 2. The third kappa shape index (κ3) is 5.11. The zero-order valence-corrected chi connectivity index (χ0v) is 19.8. The molecule has 0 aliphatic rings. The molecule has 0 radical (unpaired) electrons.